The van der Waals surface area contributed by atoms with Crippen LogP contribution in [-0.2, 0) is 27.5 Å². The van der Waals surface area contributed by atoms with E-state index >= 15 is 0 Å². The Bertz CT molecular complexity index is 1060. The molecule has 0 heterocycles. The van der Waals surface area contributed by atoms with Crippen LogP contribution in [0.3, 0.4) is 0 Å². The Morgan fingerprint density at radius 2 is 1.64 bits per heavy atom. The number of rotatable bonds is 15. The van der Waals surface area contributed by atoms with E-state index in [9.17, 15) is 14.7 Å². The predicted molar refractivity (Wildman–Crippen MR) is 157 cm³/mol. The quantitative estimate of drug-likeness (QED) is 0.236. The van der Waals surface area contributed by atoms with Gasteiger partial charge in [-0.2, -0.15) is 0 Å². The first kappa shape index (κ1) is 33.0. The Balaban J connectivity index is 1.95. The molecule has 0 aliphatic carbocycles. The van der Waals surface area contributed by atoms with E-state index in [0.717, 1.165) is 23.1 Å². The molecule has 7 nitrogen and oxygen atoms in total. The monoisotopic (exact) mass is 579 g/mol. The fraction of sp³-hybridized carbons (Fsp3) is 0.533. The predicted octanol–water partition coefficient (Wildman–Crippen LogP) is 5.02. The minimum absolute atomic E-state index is 0.0678. The molecule has 216 valence electrons. The third-order valence-electron chi connectivity index (χ3n) is 7.07. The fourth-order valence-corrected chi connectivity index (χ4v) is 4.46. The summed E-state index contributed by atoms with van der Waals surface area (Å²) in [7, 11) is 0. The number of hydrogen-bond acceptors (Lipinski definition) is 5. The largest absolute Gasteiger partial charge is 0.391 e. The van der Waals surface area contributed by atoms with Gasteiger partial charge < -0.3 is 26.2 Å². The van der Waals surface area contributed by atoms with E-state index < -0.39 is 24.1 Å². The van der Waals surface area contributed by atoms with E-state index in [0.29, 0.717) is 16.6 Å². The minimum atomic E-state index is -0.964. The Kier molecular flexibility index (Phi) is 13.7. The summed E-state index contributed by atoms with van der Waals surface area (Å²) in [6.07, 6.45) is -0.0906. The summed E-state index contributed by atoms with van der Waals surface area (Å²) in [5, 5.41) is 17.6. The molecule has 0 saturated carbocycles. The van der Waals surface area contributed by atoms with Gasteiger partial charge in [0, 0.05) is 12.5 Å². The lowest BCUT2D eigenvalue weighted by molar-refractivity contribution is -0.134. The molecule has 0 aliphatic rings. The maximum Gasteiger partial charge on any atom is 0.243 e. The van der Waals surface area contributed by atoms with E-state index in [2.05, 4.69) is 10.6 Å². The van der Waals surface area contributed by atoms with Crippen molar-refractivity contribution >= 4 is 35.0 Å². The molecule has 0 unspecified atom stereocenters. The molecule has 39 heavy (non-hydrogen) atoms. The molecule has 2 amide bonds. The minimum Gasteiger partial charge on any atom is -0.391 e. The maximum atomic E-state index is 13.4. The topological polar surface area (TPSA) is 114 Å². The van der Waals surface area contributed by atoms with Crippen molar-refractivity contribution in [2.45, 2.75) is 78.8 Å². The molecule has 5 atom stereocenters. The van der Waals surface area contributed by atoms with Crippen molar-refractivity contribution in [2.24, 2.45) is 23.5 Å². The number of aliphatic hydroxyl groups is 1. The van der Waals surface area contributed by atoms with Gasteiger partial charge >= 0.3 is 0 Å². The summed E-state index contributed by atoms with van der Waals surface area (Å²) in [6.45, 7) is 10.5. The van der Waals surface area contributed by atoms with Crippen LogP contribution in [0.1, 0.15) is 57.2 Å². The molecule has 5 N–H and O–H groups in total. The molecule has 2 aromatic rings. The lowest BCUT2D eigenvalue weighted by atomic mass is 9.86. The van der Waals surface area contributed by atoms with Gasteiger partial charge in [-0.3, -0.25) is 9.59 Å². The van der Waals surface area contributed by atoms with Crippen LogP contribution in [0.5, 0.6) is 0 Å². The van der Waals surface area contributed by atoms with Crippen molar-refractivity contribution < 1.29 is 19.4 Å². The van der Waals surface area contributed by atoms with E-state index in [1.54, 1.807) is 18.2 Å². The van der Waals surface area contributed by atoms with Gasteiger partial charge in [-0.15, -0.1) is 0 Å². The number of carbonyl (C=O) groups is 2. The molecule has 2 rings (SSSR count). The Morgan fingerprint density at radius 3 is 2.23 bits per heavy atom. The van der Waals surface area contributed by atoms with Crippen LogP contribution in [0.2, 0.25) is 10.0 Å². The van der Waals surface area contributed by atoms with Gasteiger partial charge in [-0.05, 0) is 48.4 Å². The van der Waals surface area contributed by atoms with Gasteiger partial charge in [0.25, 0.3) is 0 Å². The van der Waals surface area contributed by atoms with Crippen molar-refractivity contribution in [1.82, 2.24) is 10.6 Å². The van der Waals surface area contributed by atoms with E-state index in [1.165, 1.54) is 0 Å². The smallest absolute Gasteiger partial charge is 0.243 e. The molecule has 0 radical (unpaired) electrons. The molecular formula is C30H43Cl2N3O4. The van der Waals surface area contributed by atoms with Gasteiger partial charge in [-0.1, -0.05) is 93.2 Å². The first-order chi connectivity index (χ1) is 18.4. The number of amides is 2. The first-order valence-corrected chi connectivity index (χ1v) is 14.3. The second kappa shape index (κ2) is 16.2. The fourth-order valence-electron chi connectivity index (χ4n) is 4.14. The summed E-state index contributed by atoms with van der Waals surface area (Å²) in [5.74, 6) is -1.17. The number of hydrogen-bond donors (Lipinski definition) is 4. The lowest BCUT2D eigenvalue weighted by Crippen LogP contribution is -2.52. The van der Waals surface area contributed by atoms with Gasteiger partial charge in [0.15, 0.2) is 0 Å². The normalized spacial score (nSPS) is 15.3. The number of halogens is 2. The Morgan fingerprint density at radius 1 is 1.00 bits per heavy atom. The molecule has 0 aromatic heterocycles. The summed E-state index contributed by atoms with van der Waals surface area (Å²) >= 11 is 12.0. The van der Waals surface area contributed by atoms with E-state index in [1.807, 2.05) is 58.9 Å². The Hall–Kier alpha value is -2.16. The third kappa shape index (κ3) is 10.7. The molecule has 0 bridgehead atoms. The second-order valence-electron chi connectivity index (χ2n) is 10.7. The third-order valence-corrected chi connectivity index (χ3v) is 7.81. The van der Waals surface area contributed by atoms with Crippen LogP contribution in [0.25, 0.3) is 0 Å². The number of aliphatic hydroxyl groups excluding tert-OH is 1. The van der Waals surface area contributed by atoms with Crippen molar-refractivity contribution in [3.05, 3.63) is 69.2 Å². The van der Waals surface area contributed by atoms with E-state index in [-0.39, 0.29) is 43.3 Å². The van der Waals surface area contributed by atoms with Gasteiger partial charge in [0.2, 0.25) is 11.8 Å². The highest BCUT2D eigenvalue weighted by molar-refractivity contribution is 6.42. The molecule has 0 saturated heterocycles. The summed E-state index contributed by atoms with van der Waals surface area (Å²) in [6, 6.07) is 11.8. The molecular weight excluding hydrogens is 537 g/mol. The van der Waals surface area contributed by atoms with Gasteiger partial charge in [0.05, 0.1) is 35.4 Å². The first-order valence-electron chi connectivity index (χ1n) is 13.5. The van der Waals surface area contributed by atoms with Crippen LogP contribution in [0.15, 0.2) is 42.5 Å². The highest BCUT2D eigenvalue weighted by Gasteiger charge is 2.32. The van der Waals surface area contributed by atoms with Crippen molar-refractivity contribution in [3.8, 4) is 0 Å². The number of carbonyl (C=O) groups excluding carboxylic acids is 2. The SMILES string of the molecule is CC[C@H](C)[C@H](NC(=O)[C@@H](C[C@H](O)[C@@H](N)COCc1ccc(Cl)c(Cl)c1)C(C)C)C(=O)NCc1ccc(C)cc1. The molecule has 0 fully saturated rings. The van der Waals surface area contributed by atoms with Crippen molar-refractivity contribution in [2.75, 3.05) is 6.61 Å². The number of ether oxygens (including phenoxy) is 1. The maximum absolute atomic E-state index is 13.4. The number of nitrogens with one attached hydrogen (secondary N) is 2. The van der Waals surface area contributed by atoms with Crippen molar-refractivity contribution in [3.63, 3.8) is 0 Å². The molecule has 0 aliphatic heterocycles. The molecule has 2 aromatic carbocycles. The van der Waals surface area contributed by atoms with Crippen LogP contribution < -0.4 is 16.4 Å². The second-order valence-corrected chi connectivity index (χ2v) is 11.5. The van der Waals surface area contributed by atoms with Gasteiger partial charge in [-0.25, -0.2) is 0 Å². The number of nitrogens with two attached hydrogens (primary N) is 1. The van der Waals surface area contributed by atoms with Crippen molar-refractivity contribution in [1.29, 1.82) is 0 Å². The molecule has 0 spiro atoms. The average molecular weight is 581 g/mol. The van der Waals surface area contributed by atoms with E-state index in [4.69, 9.17) is 33.7 Å². The number of benzene rings is 2. The van der Waals surface area contributed by atoms with Crippen LogP contribution in [-0.4, -0.2) is 41.7 Å². The summed E-state index contributed by atoms with van der Waals surface area (Å²) < 4.78 is 5.67. The lowest BCUT2D eigenvalue weighted by Gasteiger charge is -2.29. The van der Waals surface area contributed by atoms with Crippen LogP contribution in [0, 0.1) is 24.7 Å². The standard InChI is InChI=1S/C30H43Cl2N3O4/c1-6-20(5)28(30(38)34-15-21-9-7-19(4)8-10-21)35-29(37)23(18(2)3)14-27(36)26(33)17-39-16-22-11-12-24(31)25(32)13-22/h7-13,18,20,23,26-28,36H,6,14-17,33H2,1-5H3,(H,34,38)(H,35,37)/t20-,23-,26-,27-,28-/m0/s1. The number of aryl methyl sites for hydroxylation is 1. The highest BCUT2D eigenvalue weighted by atomic mass is 35.5. The zero-order chi connectivity index (χ0) is 29.1. The zero-order valence-electron chi connectivity index (χ0n) is 23.5. The zero-order valence-corrected chi connectivity index (χ0v) is 25.1. The molecule has 9 heteroatoms. The summed E-state index contributed by atoms with van der Waals surface area (Å²) in [5.41, 5.74) is 9.16. The van der Waals surface area contributed by atoms with Crippen LogP contribution >= 0.6 is 23.2 Å². The summed E-state index contributed by atoms with van der Waals surface area (Å²) in [4.78, 5) is 26.4. The Labute approximate surface area is 242 Å². The van der Waals surface area contributed by atoms with Gasteiger partial charge in [0.1, 0.15) is 6.04 Å². The average Bonchev–Trinajstić information content (AvgIpc) is 2.90. The highest BCUT2D eigenvalue weighted by Crippen LogP contribution is 2.23. The van der Waals surface area contributed by atoms with Crippen LogP contribution in [0.4, 0.5) is 0 Å².